The average molecular weight is 290 g/mol. The number of hydrogen-bond acceptors (Lipinski definition) is 2. The first-order valence-electron chi connectivity index (χ1n) is 8.28. The second kappa shape index (κ2) is 12.2. The fourth-order valence-corrected chi connectivity index (χ4v) is 1.52. The van der Waals surface area contributed by atoms with Crippen LogP contribution in [0.3, 0.4) is 0 Å². The van der Waals surface area contributed by atoms with Crippen molar-refractivity contribution in [1.29, 1.82) is 0 Å². The minimum Gasteiger partial charge on any atom is -0.337 e. The highest BCUT2D eigenvalue weighted by atomic mass is 15.0. The van der Waals surface area contributed by atoms with Crippen LogP contribution in [0.25, 0.3) is 0 Å². The maximum Gasteiger partial charge on any atom is 0.0945 e. The minimum atomic E-state index is 1.11. The molecular weight excluding hydrogens is 260 g/mol. The Bertz CT molecular complexity index is 363. The van der Waals surface area contributed by atoms with Crippen molar-refractivity contribution in [3.63, 3.8) is 0 Å². The van der Waals surface area contributed by atoms with Crippen molar-refractivity contribution < 1.29 is 0 Å². The Balaban J connectivity index is 0.000000175. The van der Waals surface area contributed by atoms with E-state index in [1.54, 1.807) is 0 Å². The van der Waals surface area contributed by atoms with Gasteiger partial charge in [-0.25, -0.2) is 9.97 Å². The van der Waals surface area contributed by atoms with Crippen molar-refractivity contribution in [3.8, 4) is 0 Å². The summed E-state index contributed by atoms with van der Waals surface area (Å²) in [5.74, 6) is 0. The monoisotopic (exact) mass is 290 g/mol. The van der Waals surface area contributed by atoms with E-state index in [9.17, 15) is 0 Å². The lowest BCUT2D eigenvalue weighted by Gasteiger charge is -1.96. The van der Waals surface area contributed by atoms with E-state index in [2.05, 4.69) is 32.9 Å². The van der Waals surface area contributed by atoms with Crippen molar-refractivity contribution in [2.45, 2.75) is 71.9 Å². The molecule has 2 aromatic heterocycles. The Morgan fingerprint density at radius 3 is 1.43 bits per heavy atom. The summed E-state index contributed by atoms with van der Waals surface area (Å²) in [6.07, 6.45) is 20.8. The number of nitrogens with zero attached hydrogens (tertiary/aromatic N) is 4. The van der Waals surface area contributed by atoms with E-state index in [-0.39, 0.29) is 0 Å². The fourth-order valence-electron chi connectivity index (χ4n) is 1.52. The molecule has 3 rings (SSSR count). The third kappa shape index (κ3) is 10.8. The molecule has 0 unspecified atom stereocenters. The largest absolute Gasteiger partial charge is 0.337 e. The first-order valence-corrected chi connectivity index (χ1v) is 8.28. The van der Waals surface area contributed by atoms with Gasteiger partial charge in [0.15, 0.2) is 0 Å². The van der Waals surface area contributed by atoms with E-state index in [1.807, 2.05) is 37.4 Å². The van der Waals surface area contributed by atoms with Crippen LogP contribution in [-0.4, -0.2) is 19.1 Å². The van der Waals surface area contributed by atoms with Gasteiger partial charge in [-0.3, -0.25) is 0 Å². The molecule has 0 bridgehead atoms. The zero-order valence-electron chi connectivity index (χ0n) is 13.6. The molecule has 0 aliphatic heterocycles. The summed E-state index contributed by atoms with van der Waals surface area (Å²) in [7, 11) is 0. The molecule has 2 heterocycles. The van der Waals surface area contributed by atoms with Gasteiger partial charge in [0.2, 0.25) is 0 Å². The van der Waals surface area contributed by atoms with Crippen molar-refractivity contribution in [2.75, 3.05) is 0 Å². The molecular formula is C17H30N4. The molecule has 2 aromatic rings. The fraction of sp³-hybridized carbons (Fsp3) is 0.647. The predicted molar refractivity (Wildman–Crippen MR) is 88.1 cm³/mol. The molecule has 0 atom stereocenters. The molecule has 1 aliphatic rings. The number of hydrogen-bond donors (Lipinski definition) is 0. The summed E-state index contributed by atoms with van der Waals surface area (Å²) >= 11 is 0. The molecule has 4 heteroatoms. The number of unbranched alkanes of at least 4 members (excludes halogenated alkanes) is 2. The normalized spacial score (nSPS) is 11.9. The first kappa shape index (κ1) is 17.5. The standard InChI is InChI=1S/2C7H12N2.C3H6/c2*1-2-3-5-9-6-4-8-7-9;1-2-3-1/h2*4,6-7H,2-3,5H2,1H3;1-3H2. The first-order chi connectivity index (χ1) is 10.4. The summed E-state index contributed by atoms with van der Waals surface area (Å²) in [6, 6.07) is 0. The van der Waals surface area contributed by atoms with Gasteiger partial charge in [-0.15, -0.1) is 0 Å². The van der Waals surface area contributed by atoms with Crippen molar-refractivity contribution in [2.24, 2.45) is 0 Å². The molecule has 4 nitrogen and oxygen atoms in total. The summed E-state index contributed by atoms with van der Waals surface area (Å²) in [5.41, 5.74) is 0. The number of aryl methyl sites for hydroxylation is 2. The zero-order valence-corrected chi connectivity index (χ0v) is 13.6. The smallest absolute Gasteiger partial charge is 0.0945 e. The quantitative estimate of drug-likeness (QED) is 0.783. The topological polar surface area (TPSA) is 35.6 Å². The SMILES string of the molecule is C1CC1.CCCCn1ccnc1.CCCCn1ccnc1. The van der Waals surface area contributed by atoms with Crippen LogP contribution in [0.5, 0.6) is 0 Å². The van der Waals surface area contributed by atoms with Crippen LogP contribution < -0.4 is 0 Å². The molecule has 1 fully saturated rings. The number of aromatic nitrogens is 4. The molecule has 0 aromatic carbocycles. The highest BCUT2D eigenvalue weighted by molar-refractivity contribution is 4.73. The molecule has 0 N–H and O–H groups in total. The van der Waals surface area contributed by atoms with Gasteiger partial charge in [0.25, 0.3) is 0 Å². The molecule has 0 spiro atoms. The predicted octanol–water partition coefficient (Wildman–Crippen LogP) is 4.54. The minimum absolute atomic E-state index is 1.11. The van der Waals surface area contributed by atoms with E-state index in [4.69, 9.17) is 0 Å². The lowest BCUT2D eigenvalue weighted by Crippen LogP contribution is -1.92. The second-order valence-electron chi connectivity index (χ2n) is 5.37. The second-order valence-corrected chi connectivity index (χ2v) is 5.37. The molecule has 0 amide bonds. The van der Waals surface area contributed by atoms with Crippen LogP contribution in [0.15, 0.2) is 37.4 Å². The van der Waals surface area contributed by atoms with Crippen LogP contribution in [-0.2, 0) is 13.1 Å². The molecule has 0 saturated heterocycles. The van der Waals surface area contributed by atoms with Gasteiger partial charge in [0.1, 0.15) is 0 Å². The van der Waals surface area contributed by atoms with Gasteiger partial charge >= 0.3 is 0 Å². The highest BCUT2D eigenvalue weighted by Crippen LogP contribution is 2.14. The van der Waals surface area contributed by atoms with Gasteiger partial charge in [-0.2, -0.15) is 0 Å². The Morgan fingerprint density at radius 1 is 0.762 bits per heavy atom. The summed E-state index contributed by atoms with van der Waals surface area (Å²) in [6.45, 7) is 6.60. The van der Waals surface area contributed by atoms with Crippen molar-refractivity contribution >= 4 is 0 Å². The molecule has 21 heavy (non-hydrogen) atoms. The van der Waals surface area contributed by atoms with Gasteiger partial charge in [-0.1, -0.05) is 46.0 Å². The van der Waals surface area contributed by atoms with E-state index >= 15 is 0 Å². The van der Waals surface area contributed by atoms with Gasteiger partial charge in [-0.05, 0) is 12.8 Å². The van der Waals surface area contributed by atoms with Gasteiger partial charge < -0.3 is 9.13 Å². The zero-order chi connectivity index (χ0) is 15.2. The Morgan fingerprint density at radius 2 is 1.19 bits per heavy atom. The maximum atomic E-state index is 3.94. The number of rotatable bonds is 6. The summed E-state index contributed by atoms with van der Waals surface area (Å²) in [4.78, 5) is 7.88. The van der Waals surface area contributed by atoms with Crippen LogP contribution in [0.2, 0.25) is 0 Å². The van der Waals surface area contributed by atoms with Crippen LogP contribution in [0, 0.1) is 0 Å². The van der Waals surface area contributed by atoms with Crippen LogP contribution in [0.1, 0.15) is 58.8 Å². The highest BCUT2D eigenvalue weighted by Gasteiger charge is 1.95. The van der Waals surface area contributed by atoms with Crippen molar-refractivity contribution in [1.82, 2.24) is 19.1 Å². The third-order valence-corrected chi connectivity index (χ3v) is 3.01. The van der Waals surface area contributed by atoms with Crippen molar-refractivity contribution in [3.05, 3.63) is 37.4 Å². The molecule has 118 valence electrons. The summed E-state index contributed by atoms with van der Waals surface area (Å²) < 4.78 is 4.20. The van der Waals surface area contributed by atoms with Crippen LogP contribution >= 0.6 is 0 Å². The molecule has 0 radical (unpaired) electrons. The average Bonchev–Trinajstić information content (AvgIpc) is 3.14. The Hall–Kier alpha value is -1.58. The summed E-state index contributed by atoms with van der Waals surface area (Å²) in [5, 5.41) is 0. The third-order valence-electron chi connectivity index (χ3n) is 3.01. The number of imidazole rings is 2. The lowest BCUT2D eigenvalue weighted by molar-refractivity contribution is 0.631. The van der Waals surface area contributed by atoms with E-state index < -0.39 is 0 Å². The van der Waals surface area contributed by atoms with Gasteiger partial charge in [0, 0.05) is 37.9 Å². The Kier molecular flexibility index (Phi) is 10.1. The van der Waals surface area contributed by atoms with E-state index in [0.717, 1.165) is 13.1 Å². The molecule has 1 aliphatic carbocycles. The van der Waals surface area contributed by atoms with Gasteiger partial charge in [0.05, 0.1) is 12.7 Å². The Labute approximate surface area is 129 Å². The molecule has 1 saturated carbocycles. The maximum absolute atomic E-state index is 3.94. The van der Waals surface area contributed by atoms with E-state index in [0.29, 0.717) is 0 Å². The van der Waals surface area contributed by atoms with Crippen LogP contribution in [0.4, 0.5) is 0 Å². The van der Waals surface area contributed by atoms with E-state index in [1.165, 1.54) is 44.9 Å². The lowest BCUT2D eigenvalue weighted by atomic mass is 10.3.